The first-order valence-electron chi connectivity index (χ1n) is 5.05. The summed E-state index contributed by atoms with van der Waals surface area (Å²) in [7, 11) is 1.82. The standard InChI is InChI=1S/C10H15N3O3S/c1-7(14)11-9(10(15)16)6-17-5-8-3-4-13(2)12-8/h3-4,9H,5-6H2,1-2H3,(H,11,14)(H,15,16). The smallest absolute Gasteiger partial charge is 0.327 e. The van der Waals surface area contributed by atoms with Crippen LogP contribution in [0, 0.1) is 0 Å². The van der Waals surface area contributed by atoms with Crippen molar-refractivity contribution in [1.82, 2.24) is 15.1 Å². The molecule has 0 aliphatic carbocycles. The third-order valence-electron chi connectivity index (χ3n) is 1.98. The van der Waals surface area contributed by atoms with E-state index in [-0.39, 0.29) is 5.91 Å². The number of carbonyl (C=O) groups excluding carboxylic acids is 1. The second-order valence-corrected chi connectivity index (χ2v) is 4.62. The molecule has 0 fully saturated rings. The number of carboxylic acid groups (broad SMARTS) is 1. The first-order chi connectivity index (χ1) is 7.99. The molecule has 0 spiro atoms. The lowest BCUT2D eigenvalue weighted by molar-refractivity contribution is -0.140. The quantitative estimate of drug-likeness (QED) is 0.762. The number of aromatic nitrogens is 2. The zero-order chi connectivity index (χ0) is 12.8. The van der Waals surface area contributed by atoms with E-state index in [4.69, 9.17) is 5.11 Å². The maximum atomic E-state index is 10.8. The summed E-state index contributed by atoms with van der Waals surface area (Å²) in [5.74, 6) is -0.403. The van der Waals surface area contributed by atoms with Crippen LogP contribution in [0.5, 0.6) is 0 Å². The number of hydrogen-bond acceptors (Lipinski definition) is 4. The van der Waals surface area contributed by atoms with Gasteiger partial charge in [0.25, 0.3) is 0 Å². The van der Waals surface area contributed by atoms with E-state index in [1.54, 1.807) is 4.68 Å². The molecule has 0 aromatic carbocycles. The fourth-order valence-electron chi connectivity index (χ4n) is 1.24. The van der Waals surface area contributed by atoms with E-state index in [1.165, 1.54) is 18.7 Å². The van der Waals surface area contributed by atoms with Crippen LogP contribution >= 0.6 is 11.8 Å². The van der Waals surface area contributed by atoms with Gasteiger partial charge >= 0.3 is 5.97 Å². The Morgan fingerprint density at radius 3 is 2.82 bits per heavy atom. The SMILES string of the molecule is CC(=O)NC(CSCc1ccn(C)n1)C(=O)O. The summed E-state index contributed by atoms with van der Waals surface area (Å²) in [4.78, 5) is 21.6. The molecule has 1 unspecified atom stereocenters. The molecule has 1 atom stereocenters. The first-order valence-corrected chi connectivity index (χ1v) is 6.20. The topological polar surface area (TPSA) is 84.2 Å². The molecule has 2 N–H and O–H groups in total. The van der Waals surface area contributed by atoms with Gasteiger partial charge in [0, 0.05) is 31.7 Å². The second kappa shape index (κ2) is 6.29. The summed E-state index contributed by atoms with van der Waals surface area (Å²) in [5.41, 5.74) is 0.893. The van der Waals surface area contributed by atoms with E-state index >= 15 is 0 Å². The van der Waals surface area contributed by atoms with Crippen LogP contribution in [0.4, 0.5) is 0 Å². The molecule has 1 aromatic rings. The highest BCUT2D eigenvalue weighted by Crippen LogP contribution is 2.11. The molecule has 1 rings (SSSR count). The fourth-order valence-corrected chi connectivity index (χ4v) is 2.18. The average Bonchev–Trinajstić information content (AvgIpc) is 2.62. The number of carbonyl (C=O) groups is 2. The summed E-state index contributed by atoms with van der Waals surface area (Å²) in [5, 5.41) is 15.4. The number of thioether (sulfide) groups is 1. The summed E-state index contributed by atoms with van der Waals surface area (Å²) < 4.78 is 1.69. The molecular formula is C10H15N3O3S. The molecule has 1 amide bonds. The number of hydrogen-bond donors (Lipinski definition) is 2. The summed E-state index contributed by atoms with van der Waals surface area (Å²) in [6, 6.07) is 1.03. The monoisotopic (exact) mass is 257 g/mol. The van der Waals surface area contributed by atoms with Crippen LogP contribution in [0.25, 0.3) is 0 Å². The highest BCUT2D eigenvalue weighted by molar-refractivity contribution is 7.98. The van der Waals surface area contributed by atoms with E-state index in [1.807, 2.05) is 19.3 Å². The van der Waals surface area contributed by atoms with Crippen LogP contribution in [0.1, 0.15) is 12.6 Å². The van der Waals surface area contributed by atoms with Gasteiger partial charge in [0.2, 0.25) is 5.91 Å². The van der Waals surface area contributed by atoms with Crippen molar-refractivity contribution in [2.24, 2.45) is 7.05 Å². The maximum Gasteiger partial charge on any atom is 0.327 e. The molecule has 1 aromatic heterocycles. The molecular weight excluding hydrogens is 242 g/mol. The van der Waals surface area contributed by atoms with Crippen molar-refractivity contribution in [3.8, 4) is 0 Å². The third kappa shape index (κ3) is 4.90. The van der Waals surface area contributed by atoms with Gasteiger partial charge in [0.05, 0.1) is 5.69 Å². The molecule has 0 saturated heterocycles. The van der Waals surface area contributed by atoms with Gasteiger partial charge in [-0.1, -0.05) is 0 Å². The lowest BCUT2D eigenvalue weighted by Crippen LogP contribution is -2.41. The van der Waals surface area contributed by atoms with E-state index in [0.29, 0.717) is 11.5 Å². The minimum absolute atomic E-state index is 0.325. The van der Waals surface area contributed by atoms with Crippen molar-refractivity contribution in [2.75, 3.05) is 5.75 Å². The van der Waals surface area contributed by atoms with Crippen LogP contribution in [0.3, 0.4) is 0 Å². The molecule has 0 aliphatic rings. The Balaban J connectivity index is 2.37. The molecule has 0 saturated carbocycles. The van der Waals surface area contributed by atoms with Gasteiger partial charge in [-0.3, -0.25) is 9.48 Å². The average molecular weight is 257 g/mol. The number of nitrogens with zero attached hydrogens (tertiary/aromatic N) is 2. The number of aryl methyl sites for hydroxylation is 1. The second-order valence-electron chi connectivity index (χ2n) is 3.59. The van der Waals surface area contributed by atoms with Crippen LogP contribution in [0.15, 0.2) is 12.3 Å². The van der Waals surface area contributed by atoms with Gasteiger partial charge in [-0.15, -0.1) is 0 Å². The lowest BCUT2D eigenvalue weighted by Gasteiger charge is -2.11. The Bertz CT molecular complexity index is 405. The zero-order valence-electron chi connectivity index (χ0n) is 9.71. The van der Waals surface area contributed by atoms with Gasteiger partial charge < -0.3 is 10.4 Å². The lowest BCUT2D eigenvalue weighted by atomic mass is 10.3. The predicted molar refractivity (Wildman–Crippen MR) is 64.6 cm³/mol. The number of carboxylic acids is 1. The van der Waals surface area contributed by atoms with Crippen molar-refractivity contribution in [3.63, 3.8) is 0 Å². The van der Waals surface area contributed by atoms with Crippen molar-refractivity contribution >= 4 is 23.6 Å². The Labute approximate surface area is 103 Å². The number of aliphatic carboxylic acids is 1. The molecule has 0 aliphatic heterocycles. The van der Waals surface area contributed by atoms with E-state index in [2.05, 4.69) is 10.4 Å². The molecule has 0 bridgehead atoms. The Hall–Kier alpha value is -1.50. The van der Waals surface area contributed by atoms with Crippen LogP contribution in [-0.4, -0.2) is 38.6 Å². The van der Waals surface area contributed by atoms with Gasteiger partial charge in [0.15, 0.2) is 0 Å². The van der Waals surface area contributed by atoms with Crippen molar-refractivity contribution < 1.29 is 14.7 Å². The van der Waals surface area contributed by atoms with Gasteiger partial charge in [-0.25, -0.2) is 4.79 Å². The van der Waals surface area contributed by atoms with E-state index in [0.717, 1.165) is 5.69 Å². The number of amides is 1. The Morgan fingerprint density at radius 2 is 2.35 bits per heavy atom. The minimum Gasteiger partial charge on any atom is -0.480 e. The van der Waals surface area contributed by atoms with E-state index in [9.17, 15) is 9.59 Å². The first kappa shape index (κ1) is 13.6. The van der Waals surface area contributed by atoms with E-state index < -0.39 is 12.0 Å². The predicted octanol–water partition coefficient (Wildman–Crippen LogP) is 0.243. The summed E-state index contributed by atoms with van der Waals surface area (Å²) in [6.45, 7) is 1.30. The number of rotatable bonds is 6. The van der Waals surface area contributed by atoms with Gasteiger partial charge in [-0.05, 0) is 6.07 Å². The van der Waals surface area contributed by atoms with Crippen molar-refractivity contribution in [3.05, 3.63) is 18.0 Å². The zero-order valence-corrected chi connectivity index (χ0v) is 10.5. The molecule has 94 valence electrons. The van der Waals surface area contributed by atoms with Crippen LogP contribution < -0.4 is 5.32 Å². The van der Waals surface area contributed by atoms with Crippen LogP contribution in [-0.2, 0) is 22.4 Å². The third-order valence-corrected chi connectivity index (χ3v) is 3.05. The van der Waals surface area contributed by atoms with Crippen molar-refractivity contribution in [1.29, 1.82) is 0 Å². The fraction of sp³-hybridized carbons (Fsp3) is 0.500. The molecule has 0 radical (unpaired) electrons. The summed E-state index contributed by atoms with van der Waals surface area (Å²) in [6.07, 6.45) is 1.83. The van der Waals surface area contributed by atoms with Crippen LogP contribution in [0.2, 0.25) is 0 Å². The maximum absolute atomic E-state index is 10.8. The highest BCUT2D eigenvalue weighted by atomic mass is 32.2. The highest BCUT2D eigenvalue weighted by Gasteiger charge is 2.18. The Kier molecular flexibility index (Phi) is 5.02. The normalized spacial score (nSPS) is 12.1. The number of nitrogens with one attached hydrogen (secondary N) is 1. The molecule has 6 nitrogen and oxygen atoms in total. The largest absolute Gasteiger partial charge is 0.480 e. The molecule has 7 heteroatoms. The molecule has 1 heterocycles. The van der Waals surface area contributed by atoms with Gasteiger partial charge in [0.1, 0.15) is 6.04 Å². The van der Waals surface area contributed by atoms with Crippen molar-refractivity contribution in [2.45, 2.75) is 18.7 Å². The minimum atomic E-state index is -1.02. The Morgan fingerprint density at radius 1 is 1.65 bits per heavy atom. The summed E-state index contributed by atoms with van der Waals surface area (Å²) >= 11 is 1.43. The van der Waals surface area contributed by atoms with Gasteiger partial charge in [-0.2, -0.15) is 16.9 Å². The molecule has 17 heavy (non-hydrogen) atoms.